The maximum Gasteiger partial charge on any atom is 0.418 e. The highest BCUT2D eigenvalue weighted by Crippen LogP contribution is 2.33. The lowest BCUT2D eigenvalue weighted by Gasteiger charge is -2.12. The molecule has 1 heterocycles. The molecule has 0 N–H and O–H groups in total. The Labute approximate surface area is 100 Å². The predicted molar refractivity (Wildman–Crippen MR) is 56.4 cm³/mol. The molecular formula is C11H8F3N3O. The Kier molecular flexibility index (Phi) is 2.90. The summed E-state index contributed by atoms with van der Waals surface area (Å²) >= 11 is 0. The SMILES string of the molecule is CC(=O)c1cnnn1-c1ccccc1C(F)(F)F. The fourth-order valence-corrected chi connectivity index (χ4v) is 1.55. The van der Waals surface area contributed by atoms with Crippen LogP contribution in [0.25, 0.3) is 5.69 Å². The fraction of sp³-hybridized carbons (Fsp3) is 0.182. The topological polar surface area (TPSA) is 47.8 Å². The molecule has 0 saturated carbocycles. The van der Waals surface area contributed by atoms with Crippen molar-refractivity contribution in [2.24, 2.45) is 0 Å². The minimum atomic E-state index is -4.52. The number of carbonyl (C=O) groups is 1. The van der Waals surface area contributed by atoms with E-state index >= 15 is 0 Å². The van der Waals surface area contributed by atoms with Crippen molar-refractivity contribution in [1.29, 1.82) is 0 Å². The second-order valence-corrected chi connectivity index (χ2v) is 3.60. The van der Waals surface area contributed by atoms with E-state index in [9.17, 15) is 18.0 Å². The number of hydrogen-bond acceptors (Lipinski definition) is 3. The van der Waals surface area contributed by atoms with Crippen molar-refractivity contribution in [3.63, 3.8) is 0 Å². The minimum Gasteiger partial charge on any atom is -0.293 e. The number of ketones is 1. The molecule has 0 atom stereocenters. The predicted octanol–water partition coefficient (Wildman–Crippen LogP) is 2.49. The number of carbonyl (C=O) groups excluding carboxylic acids is 1. The number of aromatic nitrogens is 3. The zero-order valence-corrected chi connectivity index (χ0v) is 9.27. The molecule has 0 saturated heterocycles. The van der Waals surface area contributed by atoms with Gasteiger partial charge in [-0.25, -0.2) is 4.68 Å². The van der Waals surface area contributed by atoms with Crippen molar-refractivity contribution in [2.75, 3.05) is 0 Å². The van der Waals surface area contributed by atoms with E-state index in [1.54, 1.807) is 0 Å². The van der Waals surface area contributed by atoms with Gasteiger partial charge in [0.05, 0.1) is 17.4 Å². The maximum atomic E-state index is 12.8. The lowest BCUT2D eigenvalue weighted by Crippen LogP contribution is -2.14. The third-order valence-corrected chi connectivity index (χ3v) is 2.35. The zero-order chi connectivity index (χ0) is 13.3. The van der Waals surface area contributed by atoms with Crippen LogP contribution >= 0.6 is 0 Å². The number of hydrogen-bond donors (Lipinski definition) is 0. The fourth-order valence-electron chi connectivity index (χ4n) is 1.55. The van der Waals surface area contributed by atoms with E-state index in [2.05, 4.69) is 10.3 Å². The Hall–Kier alpha value is -2.18. The number of nitrogens with zero attached hydrogens (tertiary/aromatic N) is 3. The first-order valence-corrected chi connectivity index (χ1v) is 4.99. The molecule has 2 rings (SSSR count). The van der Waals surface area contributed by atoms with Crippen molar-refractivity contribution in [3.05, 3.63) is 41.7 Å². The molecule has 0 unspecified atom stereocenters. The lowest BCUT2D eigenvalue weighted by molar-refractivity contribution is -0.137. The third-order valence-electron chi connectivity index (χ3n) is 2.35. The molecule has 0 bridgehead atoms. The van der Waals surface area contributed by atoms with E-state index in [0.29, 0.717) is 0 Å². The van der Waals surface area contributed by atoms with Gasteiger partial charge >= 0.3 is 6.18 Å². The van der Waals surface area contributed by atoms with Crippen LogP contribution in [0.4, 0.5) is 13.2 Å². The van der Waals surface area contributed by atoms with Crippen molar-refractivity contribution in [3.8, 4) is 5.69 Å². The lowest BCUT2D eigenvalue weighted by atomic mass is 10.1. The van der Waals surface area contributed by atoms with Gasteiger partial charge in [0.2, 0.25) is 0 Å². The molecule has 18 heavy (non-hydrogen) atoms. The second-order valence-electron chi connectivity index (χ2n) is 3.60. The Balaban J connectivity index is 2.65. The quantitative estimate of drug-likeness (QED) is 0.774. The molecule has 0 aliphatic rings. The Morgan fingerprint density at radius 1 is 1.28 bits per heavy atom. The summed E-state index contributed by atoms with van der Waals surface area (Å²) < 4.78 is 39.4. The van der Waals surface area contributed by atoms with Gasteiger partial charge in [0.25, 0.3) is 0 Å². The van der Waals surface area contributed by atoms with Gasteiger partial charge < -0.3 is 0 Å². The molecule has 0 radical (unpaired) electrons. The molecule has 0 aliphatic heterocycles. The van der Waals surface area contributed by atoms with Crippen LogP contribution in [0, 0.1) is 0 Å². The summed E-state index contributed by atoms with van der Waals surface area (Å²) in [6, 6.07) is 4.89. The Morgan fingerprint density at radius 2 is 1.94 bits per heavy atom. The summed E-state index contributed by atoms with van der Waals surface area (Å²) in [5.74, 6) is -0.406. The van der Waals surface area contributed by atoms with Gasteiger partial charge in [0.1, 0.15) is 5.69 Å². The van der Waals surface area contributed by atoms with Crippen molar-refractivity contribution >= 4 is 5.78 Å². The monoisotopic (exact) mass is 255 g/mol. The van der Waals surface area contributed by atoms with Crippen LogP contribution in [0.1, 0.15) is 23.0 Å². The zero-order valence-electron chi connectivity index (χ0n) is 9.27. The van der Waals surface area contributed by atoms with Gasteiger partial charge in [-0.1, -0.05) is 17.3 Å². The maximum absolute atomic E-state index is 12.8. The van der Waals surface area contributed by atoms with Crippen molar-refractivity contribution in [2.45, 2.75) is 13.1 Å². The van der Waals surface area contributed by atoms with Gasteiger partial charge in [-0.2, -0.15) is 13.2 Å². The van der Waals surface area contributed by atoms with E-state index in [1.165, 1.54) is 25.1 Å². The first kappa shape index (κ1) is 12.3. The van der Waals surface area contributed by atoms with Gasteiger partial charge in [-0.15, -0.1) is 5.10 Å². The highest BCUT2D eigenvalue weighted by atomic mass is 19.4. The van der Waals surface area contributed by atoms with Gasteiger partial charge in [0.15, 0.2) is 5.78 Å². The summed E-state index contributed by atoms with van der Waals surface area (Å²) in [4.78, 5) is 11.3. The first-order chi connectivity index (χ1) is 8.41. The van der Waals surface area contributed by atoms with Crippen LogP contribution in [-0.2, 0) is 6.18 Å². The standard InChI is InChI=1S/C11H8F3N3O/c1-7(18)10-6-15-16-17(10)9-5-3-2-4-8(9)11(12,13)14/h2-6H,1H3. The van der Waals surface area contributed by atoms with Crippen LogP contribution in [0.2, 0.25) is 0 Å². The summed E-state index contributed by atoms with van der Waals surface area (Å²) in [7, 11) is 0. The summed E-state index contributed by atoms with van der Waals surface area (Å²) in [5.41, 5.74) is -1.07. The van der Waals surface area contributed by atoms with Crippen LogP contribution in [-0.4, -0.2) is 20.8 Å². The number of alkyl halides is 3. The normalized spacial score (nSPS) is 11.6. The summed E-state index contributed by atoms with van der Waals surface area (Å²) in [6.45, 7) is 1.24. The highest BCUT2D eigenvalue weighted by Gasteiger charge is 2.34. The molecule has 2 aromatic rings. The molecule has 4 nitrogen and oxygen atoms in total. The Morgan fingerprint density at radius 3 is 2.56 bits per heavy atom. The number of halogens is 3. The van der Waals surface area contributed by atoms with Crippen LogP contribution in [0.3, 0.4) is 0 Å². The average Bonchev–Trinajstić information content (AvgIpc) is 2.76. The second kappa shape index (κ2) is 4.25. The molecule has 94 valence electrons. The third kappa shape index (κ3) is 2.11. The molecule has 7 heteroatoms. The molecule has 0 fully saturated rings. The average molecular weight is 255 g/mol. The van der Waals surface area contributed by atoms with Crippen molar-refractivity contribution in [1.82, 2.24) is 15.0 Å². The largest absolute Gasteiger partial charge is 0.418 e. The Bertz CT molecular complexity index is 589. The van der Waals surface area contributed by atoms with E-state index in [0.717, 1.165) is 16.9 Å². The summed E-state index contributed by atoms with van der Waals surface area (Å²) in [5, 5.41) is 7.00. The number of benzene rings is 1. The minimum absolute atomic E-state index is 0.00620. The molecule has 0 spiro atoms. The van der Waals surface area contributed by atoms with Gasteiger partial charge in [0, 0.05) is 6.92 Å². The van der Waals surface area contributed by atoms with E-state index in [4.69, 9.17) is 0 Å². The molecular weight excluding hydrogens is 247 g/mol. The van der Waals surface area contributed by atoms with E-state index in [-0.39, 0.29) is 11.4 Å². The molecule has 1 aromatic heterocycles. The van der Waals surface area contributed by atoms with E-state index < -0.39 is 17.5 Å². The summed E-state index contributed by atoms with van der Waals surface area (Å²) in [6.07, 6.45) is -3.38. The number of para-hydroxylation sites is 1. The van der Waals surface area contributed by atoms with Crippen molar-refractivity contribution < 1.29 is 18.0 Å². The molecule has 0 amide bonds. The molecule has 0 aliphatic carbocycles. The number of Topliss-reactive ketones (excluding diaryl/α,β-unsaturated/α-hetero) is 1. The molecule has 1 aromatic carbocycles. The first-order valence-electron chi connectivity index (χ1n) is 4.99. The van der Waals surface area contributed by atoms with Crippen LogP contribution in [0.15, 0.2) is 30.5 Å². The van der Waals surface area contributed by atoms with Crippen LogP contribution in [0.5, 0.6) is 0 Å². The van der Waals surface area contributed by atoms with E-state index in [1.807, 2.05) is 0 Å². The van der Waals surface area contributed by atoms with Crippen LogP contribution < -0.4 is 0 Å². The smallest absolute Gasteiger partial charge is 0.293 e. The van der Waals surface area contributed by atoms with Gasteiger partial charge in [-0.3, -0.25) is 4.79 Å². The highest BCUT2D eigenvalue weighted by molar-refractivity contribution is 5.92. The number of rotatable bonds is 2. The van der Waals surface area contributed by atoms with Gasteiger partial charge in [-0.05, 0) is 12.1 Å².